The van der Waals surface area contributed by atoms with E-state index in [9.17, 15) is 0 Å². The van der Waals surface area contributed by atoms with Crippen molar-refractivity contribution in [1.82, 2.24) is 25.4 Å². The summed E-state index contributed by atoms with van der Waals surface area (Å²) in [6.07, 6.45) is 2.67. The van der Waals surface area contributed by atoms with E-state index in [1.54, 1.807) is 6.33 Å². The zero-order valence-electron chi connectivity index (χ0n) is 16.2. The number of halogens is 1. The fraction of sp³-hybridized carbons (Fsp3) is 0.526. The van der Waals surface area contributed by atoms with E-state index in [-0.39, 0.29) is 24.0 Å². The van der Waals surface area contributed by atoms with Crippen molar-refractivity contribution in [3.8, 4) is 0 Å². The Morgan fingerprint density at radius 1 is 1.27 bits per heavy atom. The number of guanidine groups is 1. The maximum absolute atomic E-state index is 4.73. The van der Waals surface area contributed by atoms with E-state index >= 15 is 0 Å². The summed E-state index contributed by atoms with van der Waals surface area (Å²) >= 11 is 0. The van der Waals surface area contributed by atoms with Crippen LogP contribution in [-0.4, -0.2) is 40.4 Å². The summed E-state index contributed by atoms with van der Waals surface area (Å²) in [4.78, 5) is 4.73. The first kappa shape index (κ1) is 22.4. The van der Waals surface area contributed by atoms with Crippen molar-refractivity contribution in [3.63, 3.8) is 0 Å². The van der Waals surface area contributed by atoms with Gasteiger partial charge >= 0.3 is 0 Å². The summed E-state index contributed by atoms with van der Waals surface area (Å²) in [7, 11) is 0. The number of nitrogens with one attached hydrogen (secondary N) is 2. The van der Waals surface area contributed by atoms with Crippen molar-refractivity contribution in [3.05, 3.63) is 47.5 Å². The molecular weight excluding hydrogens is 439 g/mol. The molecular formula is C19H31IN6. The number of aromatic nitrogens is 3. The van der Waals surface area contributed by atoms with Crippen molar-refractivity contribution >= 4 is 29.9 Å². The molecule has 0 bridgehead atoms. The number of benzene rings is 1. The van der Waals surface area contributed by atoms with Gasteiger partial charge in [-0.1, -0.05) is 43.7 Å². The molecule has 1 atom stereocenters. The van der Waals surface area contributed by atoms with Gasteiger partial charge in [-0.3, -0.25) is 4.99 Å². The molecule has 0 aliphatic rings. The van der Waals surface area contributed by atoms with Gasteiger partial charge in [0, 0.05) is 38.5 Å². The second-order valence-electron chi connectivity index (χ2n) is 6.26. The van der Waals surface area contributed by atoms with E-state index in [0.29, 0.717) is 5.92 Å². The Labute approximate surface area is 173 Å². The van der Waals surface area contributed by atoms with E-state index in [1.165, 1.54) is 11.1 Å². The number of nitrogens with zero attached hydrogens (tertiary/aromatic N) is 4. The molecule has 2 rings (SSSR count). The van der Waals surface area contributed by atoms with Gasteiger partial charge in [0.1, 0.15) is 12.2 Å². The van der Waals surface area contributed by atoms with Crippen LogP contribution in [0.1, 0.15) is 43.6 Å². The van der Waals surface area contributed by atoms with Crippen LogP contribution >= 0.6 is 24.0 Å². The molecule has 2 N–H and O–H groups in total. The highest BCUT2D eigenvalue weighted by Gasteiger charge is 2.06. The predicted molar refractivity (Wildman–Crippen MR) is 118 cm³/mol. The summed E-state index contributed by atoms with van der Waals surface area (Å²) in [6, 6.07) is 8.64. The Morgan fingerprint density at radius 3 is 2.77 bits per heavy atom. The molecule has 1 heterocycles. The Balaban J connectivity index is 0.00000338. The smallest absolute Gasteiger partial charge is 0.191 e. The Hall–Kier alpha value is -1.64. The van der Waals surface area contributed by atoms with Crippen LogP contribution in [0.25, 0.3) is 0 Å². The van der Waals surface area contributed by atoms with Crippen molar-refractivity contribution in [1.29, 1.82) is 0 Å². The van der Waals surface area contributed by atoms with E-state index in [2.05, 4.69) is 77.4 Å². The van der Waals surface area contributed by atoms with Crippen LogP contribution in [0.5, 0.6) is 0 Å². The molecule has 0 aliphatic heterocycles. The summed E-state index contributed by atoms with van der Waals surface area (Å²) in [5, 5.41) is 14.8. The number of hydrogen-bond donors (Lipinski definition) is 2. The van der Waals surface area contributed by atoms with Gasteiger partial charge in [-0.05, 0) is 19.4 Å². The van der Waals surface area contributed by atoms with Crippen LogP contribution in [0.2, 0.25) is 0 Å². The van der Waals surface area contributed by atoms with Crippen molar-refractivity contribution in [2.45, 2.75) is 46.6 Å². The predicted octanol–water partition coefficient (Wildman–Crippen LogP) is 3.13. The molecule has 6 nitrogen and oxygen atoms in total. The number of aryl methyl sites for hydroxylation is 2. The van der Waals surface area contributed by atoms with E-state index < -0.39 is 0 Å². The monoisotopic (exact) mass is 470 g/mol. The molecule has 144 valence electrons. The zero-order valence-corrected chi connectivity index (χ0v) is 18.5. The molecule has 0 fully saturated rings. The third-order valence-corrected chi connectivity index (χ3v) is 4.14. The summed E-state index contributed by atoms with van der Waals surface area (Å²) in [5.74, 6) is 2.25. The fourth-order valence-corrected chi connectivity index (χ4v) is 2.69. The van der Waals surface area contributed by atoms with Crippen molar-refractivity contribution in [2.24, 2.45) is 4.99 Å². The van der Waals surface area contributed by atoms with Gasteiger partial charge in [-0.2, -0.15) is 0 Å². The number of aliphatic imine (C=N–C) groups is 1. The molecule has 2 aromatic rings. The van der Waals surface area contributed by atoms with Gasteiger partial charge in [0.05, 0.1) is 0 Å². The molecule has 26 heavy (non-hydrogen) atoms. The molecule has 0 spiro atoms. The summed E-state index contributed by atoms with van der Waals surface area (Å²) < 4.78 is 2.08. The number of rotatable bonds is 8. The molecule has 0 saturated heterocycles. The van der Waals surface area contributed by atoms with Gasteiger partial charge in [0.25, 0.3) is 0 Å². The zero-order chi connectivity index (χ0) is 18.1. The normalized spacial score (nSPS) is 12.4. The van der Waals surface area contributed by atoms with Crippen LogP contribution in [-0.2, 0) is 13.0 Å². The lowest BCUT2D eigenvalue weighted by Crippen LogP contribution is -2.39. The lowest BCUT2D eigenvalue weighted by atomic mass is 10.00. The highest BCUT2D eigenvalue weighted by molar-refractivity contribution is 14.0. The summed E-state index contributed by atoms with van der Waals surface area (Å²) in [5.41, 5.74) is 2.62. The van der Waals surface area contributed by atoms with Gasteiger partial charge in [-0.15, -0.1) is 34.2 Å². The largest absolute Gasteiger partial charge is 0.357 e. The highest BCUT2D eigenvalue weighted by Crippen LogP contribution is 2.16. The maximum Gasteiger partial charge on any atom is 0.191 e. The van der Waals surface area contributed by atoms with Crippen LogP contribution in [0, 0.1) is 6.92 Å². The molecule has 0 radical (unpaired) electrons. The minimum atomic E-state index is 0. The van der Waals surface area contributed by atoms with Crippen molar-refractivity contribution in [2.75, 3.05) is 19.6 Å². The maximum atomic E-state index is 4.73. The standard InChI is InChI=1S/C19H30N6.HI/c1-5-18-24-23-14-25(18)11-10-21-19(20-6-2)22-13-16(4)17-9-7-8-15(3)12-17;/h7-9,12,14,16H,5-6,10-11,13H2,1-4H3,(H2,20,21,22);1H. The van der Waals surface area contributed by atoms with Crippen LogP contribution in [0.3, 0.4) is 0 Å². The second-order valence-corrected chi connectivity index (χ2v) is 6.26. The van der Waals surface area contributed by atoms with Gasteiger partial charge in [0.15, 0.2) is 5.96 Å². The number of hydrogen-bond acceptors (Lipinski definition) is 3. The van der Waals surface area contributed by atoms with Crippen LogP contribution < -0.4 is 10.6 Å². The first-order valence-corrected chi connectivity index (χ1v) is 9.09. The lowest BCUT2D eigenvalue weighted by molar-refractivity contribution is 0.631. The van der Waals surface area contributed by atoms with Crippen LogP contribution in [0.4, 0.5) is 0 Å². The third kappa shape index (κ3) is 6.93. The summed E-state index contributed by atoms with van der Waals surface area (Å²) in [6.45, 7) is 11.7. The quantitative estimate of drug-likeness (QED) is 0.354. The van der Waals surface area contributed by atoms with Crippen LogP contribution in [0.15, 0.2) is 35.6 Å². The molecule has 0 aliphatic carbocycles. The minimum Gasteiger partial charge on any atom is -0.357 e. The first-order valence-electron chi connectivity index (χ1n) is 9.09. The Morgan fingerprint density at radius 2 is 2.08 bits per heavy atom. The molecule has 1 unspecified atom stereocenters. The molecule has 0 saturated carbocycles. The first-order chi connectivity index (χ1) is 12.1. The van der Waals surface area contributed by atoms with Gasteiger partial charge in [-0.25, -0.2) is 0 Å². The fourth-order valence-electron chi connectivity index (χ4n) is 2.69. The van der Waals surface area contributed by atoms with Gasteiger partial charge < -0.3 is 15.2 Å². The average Bonchev–Trinajstić information content (AvgIpc) is 3.07. The molecule has 0 amide bonds. The minimum absolute atomic E-state index is 0. The molecule has 1 aromatic carbocycles. The highest BCUT2D eigenvalue weighted by atomic mass is 127. The van der Waals surface area contributed by atoms with Gasteiger partial charge in [0.2, 0.25) is 0 Å². The Kier molecular flexibility index (Phi) is 10.2. The SMILES string of the molecule is CCNC(=NCC(C)c1cccc(C)c1)NCCn1cnnc1CC.I. The van der Waals surface area contributed by atoms with E-state index in [0.717, 1.165) is 44.4 Å². The topological polar surface area (TPSA) is 67.1 Å². The van der Waals surface area contributed by atoms with Crippen molar-refractivity contribution < 1.29 is 0 Å². The Bertz CT molecular complexity index is 682. The third-order valence-electron chi connectivity index (χ3n) is 4.14. The average molecular weight is 470 g/mol. The molecule has 1 aromatic heterocycles. The second kappa shape index (κ2) is 11.9. The van der Waals surface area contributed by atoms with E-state index in [4.69, 9.17) is 4.99 Å². The van der Waals surface area contributed by atoms with E-state index in [1.807, 2.05) is 0 Å². The molecule has 7 heteroatoms. The lowest BCUT2D eigenvalue weighted by Gasteiger charge is -2.14.